The van der Waals surface area contributed by atoms with Crippen LogP contribution in [0.5, 0.6) is 0 Å². The van der Waals surface area contributed by atoms with Crippen molar-refractivity contribution in [1.82, 2.24) is 5.12 Å². The van der Waals surface area contributed by atoms with Crippen molar-refractivity contribution >= 4 is 5.97 Å². The summed E-state index contributed by atoms with van der Waals surface area (Å²) in [6.07, 6.45) is 1.47. The molecule has 5 nitrogen and oxygen atoms in total. The van der Waals surface area contributed by atoms with Gasteiger partial charge in [0.1, 0.15) is 13.2 Å². The zero-order chi connectivity index (χ0) is 7.98. The Bertz CT molecular complexity index is 124. The number of rotatable bonds is 4. The van der Waals surface area contributed by atoms with Gasteiger partial charge in [-0.3, -0.25) is 16.5 Å². The second kappa shape index (κ2) is 4.92. The summed E-state index contributed by atoms with van der Waals surface area (Å²) in [5, 5.41) is 0.755. The van der Waals surface area contributed by atoms with Gasteiger partial charge in [-0.25, -0.2) is 0 Å². The van der Waals surface area contributed by atoms with Crippen molar-refractivity contribution in [3.05, 3.63) is 12.7 Å². The average molecular weight is 145 g/mol. The fourth-order valence-corrected chi connectivity index (χ4v) is 0.347. The maximum atomic E-state index is 10.5. The fraction of sp³-hybridized carbons (Fsp3) is 0.400. The molecule has 0 atom stereocenters. The van der Waals surface area contributed by atoms with E-state index >= 15 is 0 Å². The lowest BCUT2D eigenvalue weighted by Crippen LogP contribution is -2.42. The second-order valence-corrected chi connectivity index (χ2v) is 1.64. The van der Waals surface area contributed by atoms with E-state index in [9.17, 15) is 4.79 Å². The van der Waals surface area contributed by atoms with Crippen LogP contribution in [0, 0.1) is 0 Å². The van der Waals surface area contributed by atoms with Crippen molar-refractivity contribution in [3.63, 3.8) is 0 Å². The predicted molar refractivity (Wildman–Crippen MR) is 36.2 cm³/mol. The lowest BCUT2D eigenvalue weighted by Gasteiger charge is -2.06. The summed E-state index contributed by atoms with van der Waals surface area (Å²) in [6, 6.07) is 0. The smallest absolute Gasteiger partial charge is 0.323 e. The van der Waals surface area contributed by atoms with Crippen LogP contribution in [-0.2, 0) is 9.53 Å². The number of carbonyl (C=O) groups is 1. The molecule has 10 heavy (non-hydrogen) atoms. The molecule has 0 saturated heterocycles. The third kappa shape index (κ3) is 5.23. The summed E-state index contributed by atoms with van der Waals surface area (Å²) in [6.45, 7) is 3.43. The number of nitrogens with zero attached hydrogens (tertiary/aromatic N) is 1. The number of carbonyl (C=O) groups excluding carboxylic acids is 1. The first-order valence-corrected chi connectivity index (χ1v) is 2.70. The summed E-state index contributed by atoms with van der Waals surface area (Å²) in [5.74, 6) is 9.43. The summed E-state index contributed by atoms with van der Waals surface area (Å²) in [4.78, 5) is 10.5. The van der Waals surface area contributed by atoms with E-state index in [1.54, 1.807) is 0 Å². The van der Waals surface area contributed by atoms with Gasteiger partial charge in [0.2, 0.25) is 0 Å². The van der Waals surface area contributed by atoms with Gasteiger partial charge in [0.15, 0.2) is 0 Å². The highest BCUT2D eigenvalue weighted by Gasteiger charge is 2.02. The SMILES string of the molecule is C=CCOC(=O)CN(N)N. The highest BCUT2D eigenvalue weighted by molar-refractivity contribution is 5.71. The van der Waals surface area contributed by atoms with Gasteiger partial charge in [-0.05, 0) is 0 Å². The Kier molecular flexibility index (Phi) is 4.47. The number of esters is 1. The van der Waals surface area contributed by atoms with Crippen LogP contribution >= 0.6 is 0 Å². The first-order valence-electron chi connectivity index (χ1n) is 2.70. The largest absolute Gasteiger partial charge is 0.460 e. The summed E-state index contributed by atoms with van der Waals surface area (Å²) < 4.78 is 4.54. The van der Waals surface area contributed by atoms with E-state index in [0.29, 0.717) is 0 Å². The van der Waals surface area contributed by atoms with Gasteiger partial charge in [-0.1, -0.05) is 12.7 Å². The second-order valence-electron chi connectivity index (χ2n) is 1.64. The lowest BCUT2D eigenvalue weighted by atomic mass is 10.6. The normalized spacial score (nSPS) is 9.50. The molecule has 5 heteroatoms. The number of hydrazine groups is 2. The molecule has 0 unspecified atom stereocenters. The standard InChI is InChI=1S/C5H11N3O2/c1-2-3-10-5(9)4-8(6)7/h2H,1,3-4,6-7H2. The van der Waals surface area contributed by atoms with Gasteiger partial charge < -0.3 is 4.74 Å². The molecule has 58 valence electrons. The molecule has 0 radical (unpaired) electrons. The zero-order valence-corrected chi connectivity index (χ0v) is 5.62. The van der Waals surface area contributed by atoms with Gasteiger partial charge >= 0.3 is 5.97 Å². The predicted octanol–water partition coefficient (Wildman–Crippen LogP) is -1.23. The summed E-state index contributed by atoms with van der Waals surface area (Å²) in [5.41, 5.74) is 0. The van der Waals surface area contributed by atoms with Crippen molar-refractivity contribution < 1.29 is 9.53 Å². The van der Waals surface area contributed by atoms with Crippen LogP contribution in [0.25, 0.3) is 0 Å². The molecule has 0 aromatic heterocycles. The molecule has 0 spiro atoms. The Labute approximate surface area is 59.2 Å². The Morgan fingerprint density at radius 3 is 2.70 bits per heavy atom. The lowest BCUT2D eigenvalue weighted by molar-refractivity contribution is -0.143. The van der Waals surface area contributed by atoms with E-state index in [-0.39, 0.29) is 13.2 Å². The van der Waals surface area contributed by atoms with E-state index in [0.717, 1.165) is 5.12 Å². The number of nitrogens with two attached hydrogens (primary N) is 2. The van der Waals surface area contributed by atoms with E-state index < -0.39 is 5.97 Å². The minimum atomic E-state index is -0.468. The molecule has 0 aromatic carbocycles. The molecule has 0 aliphatic carbocycles. The number of ether oxygens (including phenoxy) is 1. The average Bonchev–Trinajstić information content (AvgIpc) is 1.82. The Hall–Kier alpha value is -0.910. The van der Waals surface area contributed by atoms with Crippen LogP contribution in [0.2, 0.25) is 0 Å². The van der Waals surface area contributed by atoms with Crippen molar-refractivity contribution in [1.29, 1.82) is 0 Å². The molecule has 0 aromatic rings. The van der Waals surface area contributed by atoms with Crippen molar-refractivity contribution in [2.24, 2.45) is 11.7 Å². The number of hydrogen-bond acceptors (Lipinski definition) is 5. The van der Waals surface area contributed by atoms with Gasteiger partial charge in [-0.2, -0.15) is 5.12 Å². The third-order valence-electron chi connectivity index (χ3n) is 0.674. The number of hydrogen-bond donors (Lipinski definition) is 2. The molecule has 0 fully saturated rings. The Morgan fingerprint density at radius 1 is 1.70 bits per heavy atom. The van der Waals surface area contributed by atoms with Gasteiger partial charge in [0.25, 0.3) is 0 Å². The van der Waals surface area contributed by atoms with Gasteiger partial charge in [-0.15, -0.1) is 0 Å². The van der Waals surface area contributed by atoms with Crippen LogP contribution in [0.3, 0.4) is 0 Å². The van der Waals surface area contributed by atoms with Crippen molar-refractivity contribution in [2.75, 3.05) is 13.2 Å². The van der Waals surface area contributed by atoms with Crippen LogP contribution in [0.1, 0.15) is 0 Å². The fourth-order valence-electron chi connectivity index (χ4n) is 0.347. The van der Waals surface area contributed by atoms with Crippen molar-refractivity contribution in [3.8, 4) is 0 Å². The van der Waals surface area contributed by atoms with E-state index in [1.807, 2.05) is 0 Å². The monoisotopic (exact) mass is 145 g/mol. The van der Waals surface area contributed by atoms with Crippen LogP contribution in [0.4, 0.5) is 0 Å². The summed E-state index contributed by atoms with van der Waals surface area (Å²) in [7, 11) is 0. The molecule has 4 N–H and O–H groups in total. The molecule has 0 amide bonds. The zero-order valence-electron chi connectivity index (χ0n) is 5.62. The van der Waals surface area contributed by atoms with Crippen molar-refractivity contribution in [2.45, 2.75) is 0 Å². The highest BCUT2D eigenvalue weighted by Crippen LogP contribution is 1.78. The van der Waals surface area contributed by atoms with E-state index in [4.69, 9.17) is 11.7 Å². The maximum absolute atomic E-state index is 10.5. The first kappa shape index (κ1) is 9.09. The third-order valence-corrected chi connectivity index (χ3v) is 0.674. The van der Waals surface area contributed by atoms with E-state index in [1.165, 1.54) is 6.08 Å². The van der Waals surface area contributed by atoms with Crippen LogP contribution < -0.4 is 11.7 Å². The Morgan fingerprint density at radius 2 is 2.30 bits per heavy atom. The molecule has 0 bridgehead atoms. The van der Waals surface area contributed by atoms with Gasteiger partial charge in [0.05, 0.1) is 0 Å². The highest BCUT2D eigenvalue weighted by atomic mass is 16.5. The van der Waals surface area contributed by atoms with Crippen LogP contribution in [0.15, 0.2) is 12.7 Å². The molecule has 0 heterocycles. The molecule has 0 aliphatic rings. The Balaban J connectivity index is 3.34. The van der Waals surface area contributed by atoms with Gasteiger partial charge in [0, 0.05) is 0 Å². The molecule has 0 saturated carbocycles. The van der Waals surface area contributed by atoms with Crippen LogP contribution in [-0.4, -0.2) is 24.2 Å². The quantitative estimate of drug-likeness (QED) is 0.224. The van der Waals surface area contributed by atoms with E-state index in [2.05, 4.69) is 11.3 Å². The maximum Gasteiger partial charge on any atom is 0.323 e. The minimum Gasteiger partial charge on any atom is -0.460 e. The molecular formula is C5H11N3O2. The summed E-state index contributed by atoms with van der Waals surface area (Å²) >= 11 is 0. The first-order chi connectivity index (χ1) is 4.66. The minimum absolute atomic E-state index is 0.117. The molecule has 0 rings (SSSR count). The molecule has 0 aliphatic heterocycles. The topological polar surface area (TPSA) is 81.6 Å². The molecular weight excluding hydrogens is 134 g/mol.